The quantitative estimate of drug-likeness (QED) is 0.571. The topological polar surface area (TPSA) is 64.1 Å². The molecule has 0 saturated carbocycles. The Morgan fingerprint density at radius 3 is 2.36 bits per heavy atom. The second kappa shape index (κ2) is 9.08. The van der Waals surface area contributed by atoms with E-state index in [-0.39, 0.29) is 0 Å². The Morgan fingerprint density at radius 1 is 1.12 bits per heavy atom. The molecule has 0 radical (unpaired) electrons. The number of hydrogen-bond acceptors (Lipinski definition) is 5. The number of nitrogens with zero attached hydrogens (tertiary/aromatic N) is 1. The minimum atomic E-state index is 0.290. The molecule has 2 N–H and O–H groups in total. The number of benzene rings is 1. The molecule has 6 nitrogen and oxygen atoms in total. The van der Waals surface area contributed by atoms with E-state index in [0.717, 1.165) is 23.8 Å². The van der Waals surface area contributed by atoms with Crippen LogP contribution >= 0.6 is 11.8 Å². The van der Waals surface area contributed by atoms with Gasteiger partial charge < -0.3 is 24.8 Å². The van der Waals surface area contributed by atoms with Gasteiger partial charge in [-0.1, -0.05) is 0 Å². The summed E-state index contributed by atoms with van der Waals surface area (Å²) in [6, 6.07) is 3.76. The molecule has 1 heterocycles. The van der Waals surface area contributed by atoms with E-state index in [1.807, 2.05) is 23.9 Å². The summed E-state index contributed by atoms with van der Waals surface area (Å²) in [7, 11) is 6.67. The van der Waals surface area contributed by atoms with Crippen molar-refractivity contribution in [2.24, 2.45) is 4.99 Å². The van der Waals surface area contributed by atoms with E-state index >= 15 is 0 Å². The molecule has 25 heavy (non-hydrogen) atoms. The average molecular weight is 368 g/mol. The van der Waals surface area contributed by atoms with E-state index in [2.05, 4.69) is 22.5 Å². The summed E-state index contributed by atoms with van der Waals surface area (Å²) in [4.78, 5) is 4.32. The largest absolute Gasteiger partial charge is 0.496 e. The van der Waals surface area contributed by atoms with Gasteiger partial charge in [-0.2, -0.15) is 11.8 Å². The molecule has 1 saturated heterocycles. The van der Waals surface area contributed by atoms with Gasteiger partial charge >= 0.3 is 0 Å². The first-order valence-electron chi connectivity index (χ1n) is 8.42. The third-order valence-corrected chi connectivity index (χ3v) is 5.92. The van der Waals surface area contributed by atoms with Crippen molar-refractivity contribution < 1.29 is 14.2 Å². The molecule has 1 fully saturated rings. The van der Waals surface area contributed by atoms with Crippen LogP contribution < -0.4 is 24.8 Å². The van der Waals surface area contributed by atoms with Gasteiger partial charge in [-0.15, -0.1) is 0 Å². The Morgan fingerprint density at radius 2 is 1.80 bits per heavy atom. The number of methoxy groups -OCH3 is 3. The number of rotatable bonds is 7. The molecule has 1 aromatic rings. The normalized spacial score (nSPS) is 20.3. The first-order chi connectivity index (χ1) is 12.0. The molecule has 0 amide bonds. The Bertz CT molecular complexity index is 601. The van der Waals surface area contributed by atoms with Crippen molar-refractivity contribution in [3.05, 3.63) is 17.7 Å². The fourth-order valence-electron chi connectivity index (χ4n) is 2.88. The molecule has 1 aliphatic heterocycles. The standard InChI is InChI=1S/C18H29N3O3S/c1-18(7-6-8-25-18)12-21-17(19-2)20-11-13-9-15(23-4)16(24-5)10-14(13)22-3/h9-10H,6-8,11-12H2,1-5H3,(H2,19,20,21). The molecule has 2 rings (SSSR count). The highest BCUT2D eigenvalue weighted by atomic mass is 32.2. The fraction of sp³-hybridized carbons (Fsp3) is 0.611. The summed E-state index contributed by atoms with van der Waals surface area (Å²) < 4.78 is 16.5. The van der Waals surface area contributed by atoms with Gasteiger partial charge in [0.2, 0.25) is 0 Å². The van der Waals surface area contributed by atoms with Gasteiger partial charge in [0, 0.05) is 36.5 Å². The third-order valence-electron chi connectivity index (χ3n) is 4.39. The molecular formula is C18H29N3O3S. The Hall–Kier alpha value is -1.76. The van der Waals surface area contributed by atoms with Crippen LogP contribution in [-0.2, 0) is 6.54 Å². The minimum absolute atomic E-state index is 0.290. The molecule has 1 aliphatic rings. The highest BCUT2D eigenvalue weighted by Gasteiger charge is 2.29. The summed E-state index contributed by atoms with van der Waals surface area (Å²) in [5.74, 6) is 4.10. The second-order valence-electron chi connectivity index (χ2n) is 6.20. The Kier molecular flexibility index (Phi) is 7.11. The summed E-state index contributed by atoms with van der Waals surface area (Å²) in [6.07, 6.45) is 2.53. The molecule has 0 spiro atoms. The highest BCUT2D eigenvalue weighted by molar-refractivity contribution is 8.00. The fourth-order valence-corrected chi connectivity index (χ4v) is 4.12. The van der Waals surface area contributed by atoms with Crippen LogP contribution in [0.4, 0.5) is 0 Å². The van der Waals surface area contributed by atoms with Crippen molar-refractivity contribution >= 4 is 17.7 Å². The summed E-state index contributed by atoms with van der Waals surface area (Å²) in [6.45, 7) is 3.79. The maximum absolute atomic E-state index is 5.47. The molecule has 0 bridgehead atoms. The lowest BCUT2D eigenvalue weighted by Crippen LogP contribution is -2.43. The van der Waals surface area contributed by atoms with E-state index in [9.17, 15) is 0 Å². The minimum Gasteiger partial charge on any atom is -0.496 e. The van der Waals surface area contributed by atoms with Gasteiger partial charge in [0.05, 0.1) is 21.3 Å². The predicted octanol–water partition coefficient (Wildman–Crippen LogP) is 2.66. The highest BCUT2D eigenvalue weighted by Crippen LogP contribution is 2.37. The number of hydrogen-bond donors (Lipinski definition) is 2. The third kappa shape index (κ3) is 5.11. The van der Waals surface area contributed by atoms with Crippen molar-refractivity contribution in [3.8, 4) is 17.2 Å². The van der Waals surface area contributed by atoms with Gasteiger partial charge in [-0.05, 0) is 31.6 Å². The van der Waals surface area contributed by atoms with Crippen LogP contribution in [0.5, 0.6) is 17.2 Å². The lowest BCUT2D eigenvalue weighted by Gasteiger charge is -2.24. The Labute approximate surface area is 154 Å². The van der Waals surface area contributed by atoms with Gasteiger partial charge in [0.25, 0.3) is 0 Å². The molecule has 7 heteroatoms. The van der Waals surface area contributed by atoms with Crippen molar-refractivity contribution in [1.29, 1.82) is 0 Å². The predicted molar refractivity (Wildman–Crippen MR) is 104 cm³/mol. The number of ether oxygens (including phenoxy) is 3. The van der Waals surface area contributed by atoms with Crippen LogP contribution in [0.2, 0.25) is 0 Å². The first-order valence-corrected chi connectivity index (χ1v) is 9.41. The summed E-state index contributed by atoms with van der Waals surface area (Å²) in [5.41, 5.74) is 0.976. The maximum Gasteiger partial charge on any atom is 0.191 e. The monoisotopic (exact) mass is 367 g/mol. The van der Waals surface area contributed by atoms with Crippen LogP contribution in [0.15, 0.2) is 17.1 Å². The van der Waals surface area contributed by atoms with Gasteiger partial charge in [-0.3, -0.25) is 4.99 Å². The molecule has 1 aromatic carbocycles. The van der Waals surface area contributed by atoms with E-state index < -0.39 is 0 Å². The lowest BCUT2D eigenvalue weighted by atomic mass is 10.1. The van der Waals surface area contributed by atoms with Crippen molar-refractivity contribution in [2.45, 2.75) is 31.1 Å². The zero-order valence-electron chi connectivity index (χ0n) is 15.8. The zero-order chi connectivity index (χ0) is 18.3. The maximum atomic E-state index is 5.47. The van der Waals surface area contributed by atoms with Gasteiger partial charge in [0.15, 0.2) is 17.5 Å². The van der Waals surface area contributed by atoms with Crippen LogP contribution in [0, 0.1) is 0 Å². The molecule has 1 unspecified atom stereocenters. The molecule has 0 aliphatic carbocycles. The SMILES string of the molecule is CN=C(NCc1cc(OC)c(OC)cc1OC)NCC1(C)CCCS1. The summed E-state index contributed by atoms with van der Waals surface area (Å²) >= 11 is 2.03. The van der Waals surface area contributed by atoms with Crippen molar-refractivity contribution in [3.63, 3.8) is 0 Å². The van der Waals surface area contributed by atoms with Crippen LogP contribution in [0.25, 0.3) is 0 Å². The van der Waals surface area contributed by atoms with Crippen molar-refractivity contribution in [1.82, 2.24) is 10.6 Å². The smallest absolute Gasteiger partial charge is 0.191 e. The van der Waals surface area contributed by atoms with E-state index in [1.54, 1.807) is 28.4 Å². The molecular weight excluding hydrogens is 338 g/mol. The van der Waals surface area contributed by atoms with Gasteiger partial charge in [-0.25, -0.2) is 0 Å². The van der Waals surface area contributed by atoms with E-state index in [0.29, 0.717) is 22.8 Å². The molecule has 1 atom stereocenters. The number of aliphatic imine (C=N–C) groups is 1. The average Bonchev–Trinajstić information content (AvgIpc) is 3.07. The molecule has 140 valence electrons. The first kappa shape index (κ1) is 19.6. The van der Waals surface area contributed by atoms with Crippen LogP contribution in [0.3, 0.4) is 0 Å². The van der Waals surface area contributed by atoms with E-state index in [1.165, 1.54) is 18.6 Å². The zero-order valence-corrected chi connectivity index (χ0v) is 16.6. The number of nitrogens with one attached hydrogen (secondary N) is 2. The Balaban J connectivity index is 2.00. The molecule has 0 aromatic heterocycles. The second-order valence-corrected chi connectivity index (χ2v) is 7.88. The van der Waals surface area contributed by atoms with Crippen LogP contribution in [0.1, 0.15) is 25.3 Å². The number of thioether (sulfide) groups is 1. The number of guanidine groups is 1. The van der Waals surface area contributed by atoms with Crippen molar-refractivity contribution in [2.75, 3.05) is 40.7 Å². The van der Waals surface area contributed by atoms with E-state index in [4.69, 9.17) is 14.2 Å². The lowest BCUT2D eigenvalue weighted by molar-refractivity contribution is 0.347. The van der Waals surface area contributed by atoms with Crippen LogP contribution in [-0.4, -0.2) is 51.4 Å². The summed E-state index contributed by atoms with van der Waals surface area (Å²) in [5, 5.41) is 6.78. The van der Waals surface area contributed by atoms with Gasteiger partial charge in [0.1, 0.15) is 5.75 Å².